The zero-order chi connectivity index (χ0) is 11.1. The molecule has 78 valence electrons. The van der Waals surface area contributed by atoms with Crippen molar-refractivity contribution in [3.05, 3.63) is 54.6 Å². The van der Waals surface area contributed by atoms with Gasteiger partial charge in [-0.05, 0) is 17.7 Å². The molecule has 1 aliphatic heterocycles. The molecule has 0 aromatic heterocycles. The number of rotatable bonds is 0. The molecule has 0 unspecified atom stereocenters. The summed E-state index contributed by atoms with van der Waals surface area (Å²) in [4.78, 5) is 0. The minimum absolute atomic E-state index is 0.200. The monoisotopic (exact) mass is 210 g/mol. The average molecular weight is 210 g/mol. The van der Waals surface area contributed by atoms with Crippen LogP contribution in [-0.2, 0) is 0 Å². The highest BCUT2D eigenvalue weighted by atomic mass is 16.5. The van der Waals surface area contributed by atoms with E-state index in [0.717, 1.165) is 16.7 Å². The first-order valence-electron chi connectivity index (χ1n) is 5.05. The molecule has 2 aromatic carbocycles. The fourth-order valence-electron chi connectivity index (χ4n) is 1.97. The molecule has 0 spiro atoms. The van der Waals surface area contributed by atoms with Crippen LogP contribution in [-0.4, -0.2) is 5.11 Å². The number of fused-ring (bicyclic) bond motifs is 3. The molecule has 0 radical (unpaired) electrons. The van der Waals surface area contributed by atoms with Gasteiger partial charge in [-0.3, -0.25) is 0 Å². The van der Waals surface area contributed by atoms with Gasteiger partial charge in [-0.25, -0.2) is 0 Å². The Balaban J connectivity index is 2.32. The van der Waals surface area contributed by atoms with Gasteiger partial charge in [0.05, 0.1) is 0 Å². The van der Waals surface area contributed by atoms with Crippen LogP contribution in [0.1, 0.15) is 5.56 Å². The molecule has 2 heteroatoms. The molecular formula is C14H10O2. The average Bonchev–Trinajstić information content (AvgIpc) is 2.29. The van der Waals surface area contributed by atoms with Crippen molar-refractivity contribution in [3.8, 4) is 22.6 Å². The van der Waals surface area contributed by atoms with Crippen LogP contribution in [0.15, 0.2) is 49.0 Å². The maximum atomic E-state index is 9.41. The molecular weight excluding hydrogens is 200 g/mol. The summed E-state index contributed by atoms with van der Waals surface area (Å²) in [6.07, 6.45) is 0. The van der Waals surface area contributed by atoms with Crippen molar-refractivity contribution in [2.45, 2.75) is 0 Å². The molecule has 0 saturated heterocycles. The van der Waals surface area contributed by atoms with Gasteiger partial charge >= 0.3 is 0 Å². The molecule has 2 aromatic rings. The molecule has 0 atom stereocenters. The molecule has 0 bridgehead atoms. The van der Waals surface area contributed by atoms with Gasteiger partial charge in [0.25, 0.3) is 0 Å². The molecule has 16 heavy (non-hydrogen) atoms. The molecule has 0 fully saturated rings. The largest absolute Gasteiger partial charge is 0.508 e. The third-order valence-electron chi connectivity index (χ3n) is 2.72. The Bertz CT molecular complexity index is 585. The maximum Gasteiger partial charge on any atom is 0.138 e. The molecule has 1 N–H and O–H groups in total. The first-order valence-corrected chi connectivity index (χ1v) is 5.05. The van der Waals surface area contributed by atoms with Gasteiger partial charge < -0.3 is 9.84 Å². The Kier molecular flexibility index (Phi) is 1.77. The fraction of sp³-hybridized carbons (Fsp3) is 0. The number of hydrogen-bond donors (Lipinski definition) is 1. The zero-order valence-corrected chi connectivity index (χ0v) is 8.60. The van der Waals surface area contributed by atoms with Crippen molar-refractivity contribution in [1.29, 1.82) is 0 Å². The molecule has 0 aliphatic carbocycles. The van der Waals surface area contributed by atoms with Gasteiger partial charge in [0.15, 0.2) is 0 Å². The highest BCUT2D eigenvalue weighted by molar-refractivity contribution is 5.86. The van der Waals surface area contributed by atoms with E-state index >= 15 is 0 Å². The number of phenols is 1. The van der Waals surface area contributed by atoms with Crippen molar-refractivity contribution in [2.75, 3.05) is 0 Å². The summed E-state index contributed by atoms with van der Waals surface area (Å²) in [7, 11) is 0. The van der Waals surface area contributed by atoms with Gasteiger partial charge in [0.2, 0.25) is 0 Å². The third kappa shape index (κ3) is 1.20. The van der Waals surface area contributed by atoms with Crippen molar-refractivity contribution < 1.29 is 9.84 Å². The van der Waals surface area contributed by atoms with Crippen molar-refractivity contribution in [1.82, 2.24) is 0 Å². The first-order chi connectivity index (χ1) is 7.75. The predicted octanol–water partition coefficient (Wildman–Crippen LogP) is 3.42. The van der Waals surface area contributed by atoms with Crippen molar-refractivity contribution in [2.24, 2.45) is 0 Å². The van der Waals surface area contributed by atoms with Crippen LogP contribution in [0.3, 0.4) is 0 Å². The summed E-state index contributed by atoms with van der Waals surface area (Å²) in [6.45, 7) is 3.88. The lowest BCUT2D eigenvalue weighted by Crippen LogP contribution is -2.03. The van der Waals surface area contributed by atoms with E-state index in [-0.39, 0.29) is 5.75 Å². The fourth-order valence-corrected chi connectivity index (χ4v) is 1.97. The Morgan fingerprint density at radius 3 is 2.50 bits per heavy atom. The van der Waals surface area contributed by atoms with E-state index in [0.29, 0.717) is 11.5 Å². The van der Waals surface area contributed by atoms with E-state index in [4.69, 9.17) is 4.74 Å². The van der Waals surface area contributed by atoms with E-state index in [1.54, 1.807) is 12.1 Å². The van der Waals surface area contributed by atoms with Gasteiger partial charge in [-0.1, -0.05) is 30.8 Å². The number of hydrogen-bond acceptors (Lipinski definition) is 2. The van der Waals surface area contributed by atoms with Crippen LogP contribution >= 0.6 is 0 Å². The summed E-state index contributed by atoms with van der Waals surface area (Å²) in [5, 5.41) is 9.41. The Morgan fingerprint density at radius 2 is 1.69 bits per heavy atom. The molecule has 2 nitrogen and oxygen atoms in total. The van der Waals surface area contributed by atoms with Crippen molar-refractivity contribution >= 4 is 5.76 Å². The summed E-state index contributed by atoms with van der Waals surface area (Å²) in [6, 6.07) is 13.1. The van der Waals surface area contributed by atoms with Crippen LogP contribution in [0.25, 0.3) is 16.9 Å². The summed E-state index contributed by atoms with van der Waals surface area (Å²) in [5.41, 5.74) is 3.08. The van der Waals surface area contributed by atoms with E-state index in [1.165, 1.54) is 0 Å². The second kappa shape index (κ2) is 3.14. The Morgan fingerprint density at radius 1 is 0.938 bits per heavy atom. The molecule has 0 saturated carbocycles. The van der Waals surface area contributed by atoms with Crippen LogP contribution in [0.4, 0.5) is 0 Å². The number of phenolic OH excluding ortho intramolecular Hbond substituents is 1. The first kappa shape index (κ1) is 9.04. The normalized spacial score (nSPS) is 12.6. The second-order valence-electron chi connectivity index (χ2n) is 3.75. The van der Waals surface area contributed by atoms with Crippen LogP contribution in [0.5, 0.6) is 11.5 Å². The molecule has 1 aliphatic rings. The molecule has 0 amide bonds. The summed E-state index contributed by atoms with van der Waals surface area (Å²) in [5.74, 6) is 1.48. The quantitative estimate of drug-likeness (QED) is 0.721. The van der Waals surface area contributed by atoms with Crippen LogP contribution in [0, 0.1) is 0 Å². The highest BCUT2D eigenvalue weighted by Crippen LogP contribution is 2.42. The predicted molar refractivity (Wildman–Crippen MR) is 63.2 cm³/mol. The Labute approximate surface area is 93.4 Å². The summed E-state index contributed by atoms with van der Waals surface area (Å²) < 4.78 is 5.58. The highest BCUT2D eigenvalue weighted by Gasteiger charge is 2.19. The minimum Gasteiger partial charge on any atom is -0.508 e. The number of aromatic hydroxyl groups is 1. The molecule has 1 heterocycles. The van der Waals surface area contributed by atoms with E-state index in [1.807, 2.05) is 30.3 Å². The zero-order valence-electron chi connectivity index (χ0n) is 8.60. The lowest BCUT2D eigenvalue weighted by atomic mass is 9.95. The smallest absolute Gasteiger partial charge is 0.138 e. The lowest BCUT2D eigenvalue weighted by molar-refractivity contribution is 0.464. The molecule has 3 rings (SSSR count). The van der Waals surface area contributed by atoms with Gasteiger partial charge in [0.1, 0.15) is 17.3 Å². The lowest BCUT2D eigenvalue weighted by Gasteiger charge is -2.21. The van der Waals surface area contributed by atoms with E-state index in [9.17, 15) is 5.11 Å². The SMILES string of the molecule is C=C1Oc2cc(O)ccc2-c2ccccc21. The van der Waals surface area contributed by atoms with Crippen LogP contribution < -0.4 is 4.74 Å². The van der Waals surface area contributed by atoms with Gasteiger partial charge in [0, 0.05) is 17.2 Å². The van der Waals surface area contributed by atoms with E-state index in [2.05, 4.69) is 6.58 Å². The second-order valence-corrected chi connectivity index (χ2v) is 3.75. The third-order valence-corrected chi connectivity index (χ3v) is 2.72. The van der Waals surface area contributed by atoms with Gasteiger partial charge in [-0.2, -0.15) is 0 Å². The van der Waals surface area contributed by atoms with E-state index < -0.39 is 0 Å². The number of benzene rings is 2. The van der Waals surface area contributed by atoms with Crippen LogP contribution in [0.2, 0.25) is 0 Å². The summed E-state index contributed by atoms with van der Waals surface area (Å²) >= 11 is 0. The van der Waals surface area contributed by atoms with Gasteiger partial charge in [-0.15, -0.1) is 0 Å². The minimum atomic E-state index is 0.200. The maximum absolute atomic E-state index is 9.41. The number of ether oxygens (including phenoxy) is 1. The van der Waals surface area contributed by atoms with Crippen molar-refractivity contribution in [3.63, 3.8) is 0 Å². The topological polar surface area (TPSA) is 29.5 Å². The Hall–Kier alpha value is -2.22. The standard InChI is InChI=1S/C14H10O2/c1-9-11-4-2-3-5-12(11)13-7-6-10(15)8-14(13)16-9/h2-8,15H,1H2.